The van der Waals surface area contributed by atoms with Crippen LogP contribution in [0.15, 0.2) is 25.2 Å². The summed E-state index contributed by atoms with van der Waals surface area (Å²) in [5.74, 6) is -0.390. The Hall–Kier alpha value is -1.22. The summed E-state index contributed by atoms with van der Waals surface area (Å²) in [6.07, 6.45) is 0.372. The van der Waals surface area contributed by atoms with Crippen LogP contribution < -0.4 is 4.72 Å². The van der Waals surface area contributed by atoms with Gasteiger partial charge in [-0.3, -0.25) is 0 Å². The number of hydrogen-bond donors (Lipinski definition) is 1. The van der Waals surface area contributed by atoms with E-state index in [-0.39, 0.29) is 6.54 Å². The normalized spacial score (nSPS) is 16.4. The predicted octanol–water partition coefficient (Wildman–Crippen LogP) is 0.658. The third-order valence-corrected chi connectivity index (χ3v) is 3.49. The highest BCUT2D eigenvalue weighted by Crippen LogP contribution is 2.13. The van der Waals surface area contributed by atoms with Crippen molar-refractivity contribution in [1.82, 2.24) is 14.5 Å². The first-order valence-corrected chi connectivity index (χ1v) is 6.72. The number of sulfonamides is 1. The van der Waals surface area contributed by atoms with Gasteiger partial charge in [-0.15, -0.1) is 0 Å². The first-order valence-electron chi connectivity index (χ1n) is 5.07. The van der Waals surface area contributed by atoms with Gasteiger partial charge >= 0.3 is 6.18 Å². The van der Waals surface area contributed by atoms with Gasteiger partial charge in [0.1, 0.15) is 6.54 Å². The van der Waals surface area contributed by atoms with Crippen LogP contribution in [-0.4, -0.2) is 49.9 Å². The monoisotopic (exact) mass is 285 g/mol. The molecule has 1 rings (SSSR count). The van der Waals surface area contributed by atoms with Crippen molar-refractivity contribution < 1.29 is 21.6 Å². The molecule has 1 N–H and O–H groups in total. The number of alkyl halides is 3. The molecule has 0 aliphatic carbocycles. The van der Waals surface area contributed by atoms with Gasteiger partial charge in [0.05, 0.1) is 12.4 Å². The third kappa shape index (κ3) is 5.41. The average molecular weight is 285 g/mol. The Balaban J connectivity index is 2.34. The van der Waals surface area contributed by atoms with Gasteiger partial charge in [-0.05, 0) is 6.20 Å². The van der Waals surface area contributed by atoms with Gasteiger partial charge < -0.3 is 9.80 Å². The second kappa shape index (κ2) is 5.61. The molecule has 104 valence electrons. The lowest BCUT2D eigenvalue weighted by molar-refractivity contribution is -0.121. The zero-order valence-electron chi connectivity index (χ0n) is 9.52. The maximum atomic E-state index is 11.9. The molecule has 18 heavy (non-hydrogen) atoms. The van der Waals surface area contributed by atoms with Crippen molar-refractivity contribution >= 4 is 10.0 Å². The second-order valence-corrected chi connectivity index (χ2v) is 5.63. The summed E-state index contributed by atoms with van der Waals surface area (Å²) in [6.45, 7) is 2.56. The quantitative estimate of drug-likeness (QED) is 0.779. The van der Waals surface area contributed by atoms with E-state index in [1.165, 1.54) is 4.72 Å². The molecule has 0 aromatic rings. The van der Waals surface area contributed by atoms with E-state index in [4.69, 9.17) is 0 Å². The minimum absolute atomic E-state index is 0.119. The van der Waals surface area contributed by atoms with Crippen molar-refractivity contribution in [2.75, 3.05) is 25.5 Å². The molecule has 5 nitrogen and oxygen atoms in total. The summed E-state index contributed by atoms with van der Waals surface area (Å²) in [4.78, 5) is 3.38. The molecule has 0 saturated carbocycles. The average Bonchev–Trinajstić information content (AvgIpc) is 2.71. The molecular formula is C9H14F3N3O2S. The summed E-state index contributed by atoms with van der Waals surface area (Å²) < 4.78 is 59.7. The van der Waals surface area contributed by atoms with E-state index in [2.05, 4.69) is 6.58 Å². The fourth-order valence-corrected chi connectivity index (χ4v) is 2.25. The molecule has 0 amide bonds. The molecule has 0 unspecified atom stereocenters. The fourth-order valence-electron chi connectivity index (χ4n) is 1.25. The van der Waals surface area contributed by atoms with E-state index >= 15 is 0 Å². The van der Waals surface area contributed by atoms with Crippen molar-refractivity contribution in [1.29, 1.82) is 0 Å². The molecule has 0 fully saturated rings. The van der Waals surface area contributed by atoms with Crippen LogP contribution in [0.3, 0.4) is 0 Å². The molecule has 1 aliphatic heterocycles. The summed E-state index contributed by atoms with van der Waals surface area (Å²) in [7, 11) is -3.92. The minimum atomic E-state index is -4.54. The molecule has 0 spiro atoms. The molecule has 0 aromatic carbocycles. The molecule has 0 radical (unpaired) electrons. The van der Waals surface area contributed by atoms with E-state index in [0.29, 0.717) is 6.67 Å². The maximum absolute atomic E-state index is 11.9. The van der Waals surface area contributed by atoms with E-state index < -0.39 is 28.5 Å². The first-order chi connectivity index (χ1) is 8.22. The molecule has 0 atom stereocenters. The Labute approximate surface area is 104 Å². The highest BCUT2D eigenvalue weighted by atomic mass is 32.2. The van der Waals surface area contributed by atoms with E-state index in [9.17, 15) is 21.6 Å². The standard InChI is InChI=1S/C9H14F3N3O2S/c1-2-14-3-4-15(8-14)5-6-18(16,17)13-7-9(10,11)12/h2-4,13H,1,5-8H2. The van der Waals surface area contributed by atoms with Crippen LogP contribution in [0.25, 0.3) is 0 Å². The van der Waals surface area contributed by atoms with Crippen LogP contribution in [0, 0.1) is 0 Å². The predicted molar refractivity (Wildman–Crippen MR) is 60.6 cm³/mol. The van der Waals surface area contributed by atoms with Gasteiger partial charge in [0, 0.05) is 18.9 Å². The first kappa shape index (κ1) is 14.8. The minimum Gasteiger partial charge on any atom is -0.357 e. The molecule has 9 heteroatoms. The van der Waals surface area contributed by atoms with Crippen molar-refractivity contribution in [3.05, 3.63) is 25.2 Å². The molecule has 0 bridgehead atoms. The largest absolute Gasteiger partial charge is 0.402 e. The number of nitrogens with one attached hydrogen (secondary N) is 1. The van der Waals surface area contributed by atoms with E-state index in [1.54, 1.807) is 28.4 Å². The zero-order chi connectivity index (χ0) is 13.8. The Morgan fingerprint density at radius 1 is 1.39 bits per heavy atom. The smallest absolute Gasteiger partial charge is 0.357 e. The number of nitrogens with zero attached hydrogens (tertiary/aromatic N) is 2. The lowest BCUT2D eigenvalue weighted by Gasteiger charge is -2.18. The number of rotatable bonds is 6. The molecule has 1 aliphatic rings. The summed E-state index contributed by atoms with van der Waals surface area (Å²) >= 11 is 0. The van der Waals surface area contributed by atoms with Crippen LogP contribution in [0.2, 0.25) is 0 Å². The topological polar surface area (TPSA) is 52.7 Å². The van der Waals surface area contributed by atoms with Crippen molar-refractivity contribution in [3.8, 4) is 0 Å². The summed E-state index contributed by atoms with van der Waals surface area (Å²) in [6, 6.07) is 0. The van der Waals surface area contributed by atoms with Gasteiger partial charge in [0.15, 0.2) is 0 Å². The van der Waals surface area contributed by atoms with Crippen LogP contribution in [0.4, 0.5) is 13.2 Å². The number of halogens is 3. The van der Waals surface area contributed by atoms with Crippen LogP contribution in [0.1, 0.15) is 0 Å². The second-order valence-electron chi connectivity index (χ2n) is 3.70. The third-order valence-electron chi connectivity index (χ3n) is 2.19. The Kier molecular flexibility index (Phi) is 4.63. The van der Waals surface area contributed by atoms with Crippen molar-refractivity contribution in [3.63, 3.8) is 0 Å². The maximum Gasteiger partial charge on any atom is 0.402 e. The van der Waals surface area contributed by atoms with Crippen LogP contribution in [0.5, 0.6) is 0 Å². The van der Waals surface area contributed by atoms with E-state index in [0.717, 1.165) is 0 Å². The summed E-state index contributed by atoms with van der Waals surface area (Å²) in [5.41, 5.74) is 0. The highest BCUT2D eigenvalue weighted by Gasteiger charge is 2.29. The Morgan fingerprint density at radius 2 is 2.06 bits per heavy atom. The highest BCUT2D eigenvalue weighted by molar-refractivity contribution is 7.89. The SMILES string of the molecule is C=CN1C=CN(CCS(=O)(=O)NCC(F)(F)F)C1. The van der Waals surface area contributed by atoms with Crippen LogP contribution in [-0.2, 0) is 10.0 Å². The lowest BCUT2D eigenvalue weighted by Crippen LogP contribution is -2.38. The van der Waals surface area contributed by atoms with Gasteiger partial charge in [0.25, 0.3) is 0 Å². The van der Waals surface area contributed by atoms with Gasteiger partial charge in [0.2, 0.25) is 10.0 Å². The molecule has 1 heterocycles. The van der Waals surface area contributed by atoms with Crippen molar-refractivity contribution in [2.45, 2.75) is 6.18 Å². The van der Waals surface area contributed by atoms with Gasteiger partial charge in [-0.2, -0.15) is 13.2 Å². The summed E-state index contributed by atoms with van der Waals surface area (Å²) in [5, 5.41) is 0. The van der Waals surface area contributed by atoms with Gasteiger partial charge in [-0.1, -0.05) is 6.58 Å². The molecular weight excluding hydrogens is 271 g/mol. The van der Waals surface area contributed by atoms with Crippen molar-refractivity contribution in [2.24, 2.45) is 0 Å². The number of hydrogen-bond acceptors (Lipinski definition) is 4. The zero-order valence-corrected chi connectivity index (χ0v) is 10.3. The lowest BCUT2D eigenvalue weighted by atomic mass is 10.6. The Bertz CT molecular complexity index is 419. The van der Waals surface area contributed by atoms with Crippen LogP contribution >= 0.6 is 0 Å². The Morgan fingerprint density at radius 3 is 2.56 bits per heavy atom. The fraction of sp³-hybridized carbons (Fsp3) is 0.556. The van der Waals surface area contributed by atoms with E-state index in [1.807, 2.05) is 0 Å². The molecule has 0 saturated heterocycles. The molecule has 0 aromatic heterocycles. The van der Waals surface area contributed by atoms with Gasteiger partial charge in [-0.25, -0.2) is 13.1 Å².